The first-order valence-corrected chi connectivity index (χ1v) is 7.59. The quantitative estimate of drug-likeness (QED) is 0.925. The van der Waals surface area contributed by atoms with Gasteiger partial charge in [0.1, 0.15) is 6.07 Å². The van der Waals surface area contributed by atoms with E-state index in [0.717, 1.165) is 5.56 Å². The third-order valence-corrected chi connectivity index (χ3v) is 3.97. The molecule has 0 aliphatic carbocycles. The van der Waals surface area contributed by atoms with Gasteiger partial charge >= 0.3 is 0 Å². The molecule has 0 radical (unpaired) electrons. The normalized spacial score (nSPS) is 19.1. The van der Waals surface area contributed by atoms with Crippen molar-refractivity contribution in [3.63, 3.8) is 0 Å². The first-order chi connectivity index (χ1) is 11.3. The van der Waals surface area contributed by atoms with Crippen molar-refractivity contribution in [2.75, 3.05) is 24.7 Å². The fraction of sp³-hybridized carbons (Fsp3) is 0.353. The summed E-state index contributed by atoms with van der Waals surface area (Å²) >= 11 is 0. The van der Waals surface area contributed by atoms with Gasteiger partial charge in [0, 0.05) is 13.0 Å². The van der Waals surface area contributed by atoms with Crippen molar-refractivity contribution in [3.8, 4) is 6.07 Å². The Balaban J connectivity index is 1.74. The van der Waals surface area contributed by atoms with E-state index >= 15 is 0 Å². The number of nitrogens with zero attached hydrogens (tertiary/aromatic N) is 4. The van der Waals surface area contributed by atoms with Crippen molar-refractivity contribution in [2.24, 2.45) is 0 Å². The molecule has 2 aromatic rings. The highest BCUT2D eigenvalue weighted by atomic mass is 16.5. The molecular formula is C17H18N4O2. The Hall–Kier alpha value is -2.49. The van der Waals surface area contributed by atoms with Gasteiger partial charge in [0.25, 0.3) is 0 Å². The highest BCUT2D eigenvalue weighted by Gasteiger charge is 2.27. The molecule has 1 saturated heterocycles. The Morgan fingerprint density at radius 1 is 1.26 bits per heavy atom. The lowest BCUT2D eigenvalue weighted by atomic mass is 10.0. The molecule has 0 spiro atoms. The number of morpholine rings is 1. The molecule has 1 N–H and O–H groups in total. The topological polar surface area (TPSA) is 82.3 Å². The van der Waals surface area contributed by atoms with Gasteiger partial charge in [-0.25, -0.2) is 0 Å². The maximum Gasteiger partial charge on any atom is 0.163 e. The summed E-state index contributed by atoms with van der Waals surface area (Å²) in [4.78, 5) is 2.09. The molecule has 6 nitrogen and oxygen atoms in total. The van der Waals surface area contributed by atoms with Crippen LogP contribution in [0.5, 0.6) is 0 Å². The van der Waals surface area contributed by atoms with Gasteiger partial charge in [-0.2, -0.15) is 5.26 Å². The molecule has 1 aromatic heterocycles. The number of aliphatic hydroxyl groups is 1. The standard InChI is InChI=1S/C17H18N4O2/c18-11-14-6-7-17(20-19-14)21-8-9-23-12-15(21)10-16(22)13-4-2-1-3-5-13/h1-7,15-16,22H,8-10,12H2. The molecule has 1 aliphatic heterocycles. The molecule has 0 bridgehead atoms. The van der Waals surface area contributed by atoms with Crippen LogP contribution in [0, 0.1) is 11.3 Å². The predicted molar refractivity (Wildman–Crippen MR) is 84.7 cm³/mol. The second-order valence-corrected chi connectivity index (χ2v) is 5.47. The molecule has 1 fully saturated rings. The van der Waals surface area contributed by atoms with E-state index in [1.54, 1.807) is 12.1 Å². The van der Waals surface area contributed by atoms with Crippen molar-refractivity contribution < 1.29 is 9.84 Å². The maximum atomic E-state index is 10.5. The molecule has 23 heavy (non-hydrogen) atoms. The minimum Gasteiger partial charge on any atom is -0.388 e. The fourth-order valence-electron chi connectivity index (χ4n) is 2.76. The molecule has 2 atom stereocenters. The number of hydrogen-bond donors (Lipinski definition) is 1. The first-order valence-electron chi connectivity index (χ1n) is 7.59. The number of hydrogen-bond acceptors (Lipinski definition) is 6. The van der Waals surface area contributed by atoms with Crippen molar-refractivity contribution >= 4 is 5.82 Å². The van der Waals surface area contributed by atoms with Crippen LogP contribution in [-0.2, 0) is 4.74 Å². The Bertz CT molecular complexity index is 669. The summed E-state index contributed by atoms with van der Waals surface area (Å²) in [5, 5.41) is 27.3. The van der Waals surface area contributed by atoms with Crippen LogP contribution < -0.4 is 4.90 Å². The predicted octanol–water partition coefficient (Wildman–Crippen LogP) is 1.68. The van der Waals surface area contributed by atoms with Crippen LogP contribution >= 0.6 is 0 Å². The number of nitriles is 1. The van der Waals surface area contributed by atoms with Crippen LogP contribution in [0.15, 0.2) is 42.5 Å². The SMILES string of the molecule is N#Cc1ccc(N2CCOCC2CC(O)c2ccccc2)nn1. The zero-order valence-corrected chi connectivity index (χ0v) is 12.7. The summed E-state index contributed by atoms with van der Waals surface area (Å²) < 4.78 is 5.56. The smallest absolute Gasteiger partial charge is 0.163 e. The average Bonchev–Trinajstić information content (AvgIpc) is 2.63. The van der Waals surface area contributed by atoms with E-state index in [4.69, 9.17) is 10.00 Å². The van der Waals surface area contributed by atoms with Crippen molar-refractivity contribution in [1.82, 2.24) is 10.2 Å². The van der Waals surface area contributed by atoms with E-state index in [2.05, 4.69) is 15.1 Å². The number of benzene rings is 1. The number of aromatic nitrogens is 2. The third kappa shape index (κ3) is 3.65. The van der Waals surface area contributed by atoms with E-state index in [-0.39, 0.29) is 6.04 Å². The summed E-state index contributed by atoms with van der Waals surface area (Å²) in [6.07, 6.45) is -0.0113. The highest BCUT2D eigenvalue weighted by molar-refractivity contribution is 5.41. The number of rotatable bonds is 4. The first kappa shape index (κ1) is 15.4. The van der Waals surface area contributed by atoms with Crippen molar-refractivity contribution in [3.05, 3.63) is 53.7 Å². The Morgan fingerprint density at radius 3 is 2.78 bits per heavy atom. The van der Waals surface area contributed by atoms with E-state index in [1.165, 1.54) is 0 Å². The molecule has 1 aromatic carbocycles. The van der Waals surface area contributed by atoms with Gasteiger partial charge in [0.15, 0.2) is 11.5 Å². The highest BCUT2D eigenvalue weighted by Crippen LogP contribution is 2.25. The van der Waals surface area contributed by atoms with Crippen LogP contribution in [0.2, 0.25) is 0 Å². The average molecular weight is 310 g/mol. The van der Waals surface area contributed by atoms with E-state index < -0.39 is 6.10 Å². The second-order valence-electron chi connectivity index (χ2n) is 5.47. The van der Waals surface area contributed by atoms with Gasteiger partial charge in [-0.05, 0) is 17.7 Å². The molecule has 118 valence electrons. The Kier molecular flexibility index (Phi) is 4.81. The minimum absolute atomic E-state index is 0.0150. The van der Waals surface area contributed by atoms with E-state index in [1.807, 2.05) is 36.4 Å². The second kappa shape index (κ2) is 7.18. The summed E-state index contributed by atoms with van der Waals surface area (Å²) in [6, 6.07) is 15.0. The molecule has 1 aliphatic rings. The summed E-state index contributed by atoms with van der Waals surface area (Å²) in [5.41, 5.74) is 1.19. The van der Waals surface area contributed by atoms with Gasteiger partial charge in [-0.1, -0.05) is 30.3 Å². The monoisotopic (exact) mass is 310 g/mol. The van der Waals surface area contributed by atoms with E-state index in [9.17, 15) is 5.11 Å². The van der Waals surface area contributed by atoms with E-state index in [0.29, 0.717) is 37.7 Å². The summed E-state index contributed by atoms with van der Waals surface area (Å²) in [7, 11) is 0. The van der Waals surface area contributed by atoms with Gasteiger partial charge in [0.2, 0.25) is 0 Å². The summed E-state index contributed by atoms with van der Waals surface area (Å²) in [6.45, 7) is 1.83. The van der Waals surface area contributed by atoms with Gasteiger partial charge < -0.3 is 14.7 Å². The number of aliphatic hydroxyl groups excluding tert-OH is 1. The molecular weight excluding hydrogens is 292 g/mol. The van der Waals surface area contributed by atoms with Gasteiger partial charge in [0.05, 0.1) is 25.4 Å². The summed E-state index contributed by atoms with van der Waals surface area (Å²) in [5.74, 6) is 0.706. The van der Waals surface area contributed by atoms with Gasteiger partial charge in [-0.15, -0.1) is 10.2 Å². The zero-order valence-electron chi connectivity index (χ0n) is 12.7. The van der Waals surface area contributed by atoms with Crippen LogP contribution in [0.4, 0.5) is 5.82 Å². The van der Waals surface area contributed by atoms with Crippen molar-refractivity contribution in [2.45, 2.75) is 18.6 Å². The Morgan fingerprint density at radius 2 is 2.09 bits per heavy atom. The van der Waals surface area contributed by atoms with Crippen LogP contribution in [0.1, 0.15) is 23.8 Å². The van der Waals surface area contributed by atoms with Crippen LogP contribution in [0.3, 0.4) is 0 Å². The van der Waals surface area contributed by atoms with Crippen LogP contribution in [-0.4, -0.2) is 41.1 Å². The molecule has 0 saturated carbocycles. The molecule has 0 amide bonds. The van der Waals surface area contributed by atoms with Crippen LogP contribution in [0.25, 0.3) is 0 Å². The third-order valence-electron chi connectivity index (χ3n) is 3.97. The lowest BCUT2D eigenvalue weighted by Crippen LogP contribution is -2.46. The zero-order chi connectivity index (χ0) is 16.1. The largest absolute Gasteiger partial charge is 0.388 e. The number of ether oxygens (including phenoxy) is 1. The Labute approximate surface area is 135 Å². The lowest BCUT2D eigenvalue weighted by molar-refractivity contribution is 0.0675. The van der Waals surface area contributed by atoms with Gasteiger partial charge in [-0.3, -0.25) is 0 Å². The minimum atomic E-state index is -0.559. The van der Waals surface area contributed by atoms with Crippen molar-refractivity contribution in [1.29, 1.82) is 5.26 Å². The number of anilines is 1. The molecule has 6 heteroatoms. The molecule has 2 unspecified atom stereocenters. The molecule has 2 heterocycles. The fourth-order valence-corrected chi connectivity index (χ4v) is 2.76. The molecule has 3 rings (SSSR count). The maximum absolute atomic E-state index is 10.5. The lowest BCUT2D eigenvalue weighted by Gasteiger charge is -2.37.